The number of aryl methyl sites for hydroxylation is 4. The van der Waals surface area contributed by atoms with Gasteiger partial charge in [-0.05, 0) is 56.7 Å². The van der Waals surface area contributed by atoms with Gasteiger partial charge in [0.1, 0.15) is 5.76 Å². The zero-order valence-corrected chi connectivity index (χ0v) is 12.5. The van der Waals surface area contributed by atoms with Crippen LogP contribution in [0.1, 0.15) is 53.1 Å². The van der Waals surface area contributed by atoms with Crippen molar-refractivity contribution >= 4 is 0 Å². The number of rotatable bonds is 4. The molecule has 0 amide bonds. The van der Waals surface area contributed by atoms with E-state index < -0.39 is 0 Å². The van der Waals surface area contributed by atoms with Crippen LogP contribution in [0.4, 0.5) is 0 Å². The Morgan fingerprint density at radius 3 is 2.80 bits per heavy atom. The van der Waals surface area contributed by atoms with Gasteiger partial charge in [-0.2, -0.15) is 0 Å². The van der Waals surface area contributed by atoms with Crippen molar-refractivity contribution in [2.45, 2.75) is 52.6 Å². The Kier molecular flexibility index (Phi) is 3.62. The van der Waals surface area contributed by atoms with Gasteiger partial charge in [0.05, 0.1) is 5.69 Å². The monoisotopic (exact) mass is 270 g/mol. The summed E-state index contributed by atoms with van der Waals surface area (Å²) < 4.78 is 5.20. The maximum atomic E-state index is 5.20. The van der Waals surface area contributed by atoms with Crippen LogP contribution in [-0.2, 0) is 19.4 Å². The fourth-order valence-electron chi connectivity index (χ4n) is 2.99. The van der Waals surface area contributed by atoms with Crippen LogP contribution in [0, 0.1) is 13.8 Å². The molecule has 0 radical (unpaired) electrons. The normalized spacial score (nSPS) is 15.3. The first-order valence-electron chi connectivity index (χ1n) is 7.42. The molecule has 106 valence electrons. The van der Waals surface area contributed by atoms with Crippen LogP contribution >= 0.6 is 0 Å². The van der Waals surface area contributed by atoms with Gasteiger partial charge in [0.25, 0.3) is 0 Å². The minimum atomic E-state index is 0.342. The summed E-state index contributed by atoms with van der Waals surface area (Å²) in [6.45, 7) is 6.99. The van der Waals surface area contributed by atoms with E-state index in [0.29, 0.717) is 6.04 Å². The van der Waals surface area contributed by atoms with Gasteiger partial charge >= 0.3 is 0 Å². The lowest BCUT2D eigenvalue weighted by atomic mass is 10.0. The van der Waals surface area contributed by atoms with Crippen LogP contribution < -0.4 is 5.32 Å². The highest BCUT2D eigenvalue weighted by atomic mass is 16.5. The average molecular weight is 270 g/mol. The van der Waals surface area contributed by atoms with Gasteiger partial charge in [0.2, 0.25) is 0 Å². The van der Waals surface area contributed by atoms with E-state index in [-0.39, 0.29) is 0 Å². The van der Waals surface area contributed by atoms with Crippen molar-refractivity contribution < 1.29 is 4.52 Å². The van der Waals surface area contributed by atoms with Crippen molar-refractivity contribution in [3.05, 3.63) is 51.9 Å². The van der Waals surface area contributed by atoms with Crippen molar-refractivity contribution in [3.8, 4) is 0 Å². The quantitative estimate of drug-likeness (QED) is 0.922. The van der Waals surface area contributed by atoms with Crippen LogP contribution in [0.3, 0.4) is 0 Å². The summed E-state index contributed by atoms with van der Waals surface area (Å²) in [7, 11) is 0. The summed E-state index contributed by atoms with van der Waals surface area (Å²) >= 11 is 0. The Hall–Kier alpha value is -1.61. The van der Waals surface area contributed by atoms with Crippen LogP contribution in [-0.4, -0.2) is 5.16 Å². The van der Waals surface area contributed by atoms with Gasteiger partial charge in [0.15, 0.2) is 0 Å². The third kappa shape index (κ3) is 2.50. The molecule has 0 spiro atoms. The molecule has 1 aromatic heterocycles. The SMILES string of the molecule is Cc1noc(C)c1CNC(C)c1ccc2c(c1)CCC2. The maximum Gasteiger partial charge on any atom is 0.138 e. The Bertz CT molecular complexity index is 596. The number of fused-ring (bicyclic) bond motifs is 1. The van der Waals surface area contributed by atoms with Crippen molar-refractivity contribution in [1.82, 2.24) is 10.5 Å². The number of aromatic nitrogens is 1. The molecule has 1 atom stereocenters. The molecule has 1 aliphatic rings. The summed E-state index contributed by atoms with van der Waals surface area (Å²) in [5, 5.41) is 7.57. The van der Waals surface area contributed by atoms with E-state index >= 15 is 0 Å². The van der Waals surface area contributed by atoms with E-state index in [9.17, 15) is 0 Å². The molecule has 0 saturated heterocycles. The highest BCUT2D eigenvalue weighted by Crippen LogP contribution is 2.25. The van der Waals surface area contributed by atoms with Gasteiger partial charge in [0, 0.05) is 18.2 Å². The Morgan fingerprint density at radius 1 is 1.25 bits per heavy atom. The molecule has 1 unspecified atom stereocenters. The number of hydrogen-bond donors (Lipinski definition) is 1. The lowest BCUT2D eigenvalue weighted by Crippen LogP contribution is -2.19. The lowest BCUT2D eigenvalue weighted by Gasteiger charge is -2.15. The summed E-state index contributed by atoms with van der Waals surface area (Å²) in [5.74, 6) is 0.913. The van der Waals surface area contributed by atoms with E-state index in [4.69, 9.17) is 4.52 Å². The molecule has 3 nitrogen and oxygen atoms in total. The highest BCUT2D eigenvalue weighted by Gasteiger charge is 2.14. The molecule has 0 bridgehead atoms. The number of hydrogen-bond acceptors (Lipinski definition) is 3. The van der Waals surface area contributed by atoms with Crippen LogP contribution in [0.5, 0.6) is 0 Å². The first-order valence-corrected chi connectivity index (χ1v) is 7.42. The average Bonchev–Trinajstić information content (AvgIpc) is 3.03. The highest BCUT2D eigenvalue weighted by molar-refractivity contribution is 5.36. The predicted molar refractivity (Wildman–Crippen MR) is 79.7 cm³/mol. The van der Waals surface area contributed by atoms with Crippen LogP contribution in [0.15, 0.2) is 22.7 Å². The Balaban J connectivity index is 1.69. The molecular formula is C17H22N2O. The number of nitrogens with one attached hydrogen (secondary N) is 1. The van der Waals surface area contributed by atoms with Gasteiger partial charge in [-0.15, -0.1) is 0 Å². The third-order valence-corrected chi connectivity index (χ3v) is 4.39. The fraction of sp³-hybridized carbons (Fsp3) is 0.471. The zero-order chi connectivity index (χ0) is 14.1. The van der Waals surface area contributed by atoms with Gasteiger partial charge in [-0.25, -0.2) is 0 Å². The molecule has 0 fully saturated rings. The molecule has 0 saturated carbocycles. The van der Waals surface area contributed by atoms with Gasteiger partial charge < -0.3 is 9.84 Å². The molecule has 3 rings (SSSR count). The Labute approximate surface area is 120 Å². The molecule has 3 heteroatoms. The first-order chi connectivity index (χ1) is 9.65. The molecule has 0 aliphatic heterocycles. The summed E-state index contributed by atoms with van der Waals surface area (Å²) in [4.78, 5) is 0. The van der Waals surface area contributed by atoms with E-state index in [2.05, 4.69) is 35.6 Å². The largest absolute Gasteiger partial charge is 0.361 e. The predicted octanol–water partition coefficient (Wildman–Crippen LogP) is 3.63. The van der Waals surface area contributed by atoms with Crippen LogP contribution in [0.2, 0.25) is 0 Å². The molecular weight excluding hydrogens is 248 g/mol. The van der Waals surface area contributed by atoms with E-state index in [1.54, 1.807) is 0 Å². The minimum Gasteiger partial charge on any atom is -0.361 e. The smallest absolute Gasteiger partial charge is 0.138 e. The second kappa shape index (κ2) is 5.41. The molecule has 1 aromatic carbocycles. The minimum absolute atomic E-state index is 0.342. The van der Waals surface area contributed by atoms with Crippen LogP contribution in [0.25, 0.3) is 0 Å². The summed E-state index contributed by atoms with van der Waals surface area (Å²) in [5.41, 5.74) is 6.60. The summed E-state index contributed by atoms with van der Waals surface area (Å²) in [6, 6.07) is 7.27. The van der Waals surface area contributed by atoms with Gasteiger partial charge in [-0.3, -0.25) is 0 Å². The Morgan fingerprint density at radius 2 is 2.05 bits per heavy atom. The lowest BCUT2D eigenvalue weighted by molar-refractivity contribution is 0.391. The molecule has 1 heterocycles. The van der Waals surface area contributed by atoms with Crippen molar-refractivity contribution in [3.63, 3.8) is 0 Å². The van der Waals surface area contributed by atoms with E-state index in [0.717, 1.165) is 18.0 Å². The first kappa shape index (κ1) is 13.4. The standard InChI is InChI=1S/C17H22N2O/c1-11(18-10-17-12(2)19-20-13(17)3)15-8-7-14-5-4-6-16(14)9-15/h7-9,11,18H,4-6,10H2,1-3H3. The van der Waals surface area contributed by atoms with E-state index in [1.807, 2.05) is 13.8 Å². The molecule has 1 N–H and O–H groups in total. The topological polar surface area (TPSA) is 38.1 Å². The van der Waals surface area contributed by atoms with E-state index in [1.165, 1.54) is 41.5 Å². The second-order valence-electron chi connectivity index (χ2n) is 5.79. The number of benzene rings is 1. The zero-order valence-electron chi connectivity index (χ0n) is 12.5. The number of nitrogens with zero attached hydrogens (tertiary/aromatic N) is 1. The summed E-state index contributed by atoms with van der Waals surface area (Å²) in [6.07, 6.45) is 3.79. The van der Waals surface area contributed by atoms with Crippen molar-refractivity contribution in [2.75, 3.05) is 0 Å². The molecule has 2 aromatic rings. The van der Waals surface area contributed by atoms with Crippen molar-refractivity contribution in [1.29, 1.82) is 0 Å². The second-order valence-corrected chi connectivity index (χ2v) is 5.79. The van der Waals surface area contributed by atoms with Crippen molar-refractivity contribution in [2.24, 2.45) is 0 Å². The molecule has 1 aliphatic carbocycles. The maximum absolute atomic E-state index is 5.20. The fourth-order valence-corrected chi connectivity index (χ4v) is 2.99. The third-order valence-electron chi connectivity index (χ3n) is 4.39. The molecule has 20 heavy (non-hydrogen) atoms. The van der Waals surface area contributed by atoms with Gasteiger partial charge in [-0.1, -0.05) is 23.4 Å².